The molecule has 1 saturated heterocycles. The van der Waals surface area contributed by atoms with Gasteiger partial charge in [-0.3, -0.25) is 4.79 Å². The van der Waals surface area contributed by atoms with Gasteiger partial charge in [-0.05, 0) is 6.42 Å². The number of hydrogen-bond acceptors (Lipinski definition) is 3. The van der Waals surface area contributed by atoms with Crippen LogP contribution < -0.4 is 0 Å². The van der Waals surface area contributed by atoms with E-state index in [1.165, 1.54) is 0 Å². The first-order valence-corrected chi connectivity index (χ1v) is 4.42. The molecule has 0 aliphatic carbocycles. The molecule has 0 aromatic rings. The summed E-state index contributed by atoms with van der Waals surface area (Å²) in [4.78, 5) is 12.1. The van der Waals surface area contributed by atoms with Gasteiger partial charge in [0.25, 0.3) is 11.8 Å². The van der Waals surface area contributed by atoms with Crippen LogP contribution in [0.2, 0.25) is 0 Å². The van der Waals surface area contributed by atoms with Gasteiger partial charge >= 0.3 is 0 Å². The number of aliphatic hydroxyl groups is 2. The summed E-state index contributed by atoms with van der Waals surface area (Å²) in [6, 6.07) is 0. The van der Waals surface area contributed by atoms with Crippen LogP contribution in [0.15, 0.2) is 0 Å². The van der Waals surface area contributed by atoms with Crippen LogP contribution >= 0.6 is 0 Å². The highest BCUT2D eigenvalue weighted by molar-refractivity contribution is 5.80. The summed E-state index contributed by atoms with van der Waals surface area (Å²) >= 11 is 0. The Bertz CT molecular complexity index is 223. The van der Waals surface area contributed by atoms with Crippen LogP contribution in [0.5, 0.6) is 0 Å². The van der Waals surface area contributed by atoms with E-state index in [0.29, 0.717) is 0 Å². The molecule has 2 N–H and O–H groups in total. The molecule has 0 bridgehead atoms. The first kappa shape index (κ1) is 11.3. The fourth-order valence-electron chi connectivity index (χ4n) is 1.44. The van der Waals surface area contributed by atoms with Gasteiger partial charge in [-0.15, -0.1) is 0 Å². The number of rotatable bonds is 2. The number of nitrogens with zero attached hydrogens (tertiary/aromatic N) is 1. The standard InChI is InChI=1S/C8H13F2NO3/c9-8(10)2-1-3-11(5-8)7(14)6(13)4-12/h6,12-13H,1-5H2/t6-/m0/s1. The van der Waals surface area contributed by atoms with Crippen molar-refractivity contribution < 1.29 is 23.8 Å². The molecule has 1 fully saturated rings. The van der Waals surface area contributed by atoms with Gasteiger partial charge in [0.1, 0.15) is 0 Å². The Morgan fingerprint density at radius 2 is 2.21 bits per heavy atom. The second kappa shape index (κ2) is 4.18. The summed E-state index contributed by atoms with van der Waals surface area (Å²) in [5.74, 6) is -3.70. The summed E-state index contributed by atoms with van der Waals surface area (Å²) in [5, 5.41) is 17.4. The molecule has 0 saturated carbocycles. The Labute approximate surface area is 80.1 Å². The Balaban J connectivity index is 2.56. The molecule has 0 radical (unpaired) electrons. The average molecular weight is 209 g/mol. The molecule has 0 unspecified atom stereocenters. The second-order valence-corrected chi connectivity index (χ2v) is 3.42. The zero-order valence-electron chi connectivity index (χ0n) is 7.62. The van der Waals surface area contributed by atoms with Crippen LogP contribution in [0.1, 0.15) is 12.8 Å². The lowest BCUT2D eigenvalue weighted by atomic mass is 10.1. The molecule has 1 rings (SSSR count). The van der Waals surface area contributed by atoms with Crippen LogP contribution in [0.25, 0.3) is 0 Å². The summed E-state index contributed by atoms with van der Waals surface area (Å²) in [6.07, 6.45) is -1.59. The minimum atomic E-state index is -2.87. The number of carbonyl (C=O) groups excluding carboxylic acids is 1. The van der Waals surface area contributed by atoms with Crippen LogP contribution in [0, 0.1) is 0 Å². The largest absolute Gasteiger partial charge is 0.393 e. The third kappa shape index (κ3) is 2.62. The van der Waals surface area contributed by atoms with Crippen molar-refractivity contribution in [1.82, 2.24) is 4.90 Å². The van der Waals surface area contributed by atoms with E-state index in [1.54, 1.807) is 0 Å². The topological polar surface area (TPSA) is 60.8 Å². The second-order valence-electron chi connectivity index (χ2n) is 3.42. The van der Waals surface area contributed by atoms with Gasteiger partial charge in [-0.1, -0.05) is 0 Å². The fourth-order valence-corrected chi connectivity index (χ4v) is 1.44. The van der Waals surface area contributed by atoms with Crippen molar-refractivity contribution in [2.24, 2.45) is 0 Å². The third-order valence-corrected chi connectivity index (χ3v) is 2.16. The molecule has 6 heteroatoms. The van der Waals surface area contributed by atoms with Crippen molar-refractivity contribution in [3.63, 3.8) is 0 Å². The lowest BCUT2D eigenvalue weighted by Gasteiger charge is -2.33. The minimum Gasteiger partial charge on any atom is -0.393 e. The lowest BCUT2D eigenvalue weighted by Crippen LogP contribution is -2.49. The van der Waals surface area contributed by atoms with E-state index >= 15 is 0 Å². The highest BCUT2D eigenvalue weighted by Crippen LogP contribution is 2.26. The molecule has 1 heterocycles. The Morgan fingerprint density at radius 3 is 2.71 bits per heavy atom. The Kier molecular flexibility index (Phi) is 3.38. The molecule has 0 aromatic carbocycles. The summed E-state index contributed by atoms with van der Waals surface area (Å²) in [7, 11) is 0. The Morgan fingerprint density at radius 1 is 1.57 bits per heavy atom. The van der Waals surface area contributed by atoms with Crippen molar-refractivity contribution in [1.29, 1.82) is 0 Å². The lowest BCUT2D eigenvalue weighted by molar-refractivity contribution is -0.152. The van der Waals surface area contributed by atoms with E-state index in [4.69, 9.17) is 10.2 Å². The van der Waals surface area contributed by atoms with Crippen molar-refractivity contribution in [2.45, 2.75) is 24.9 Å². The van der Waals surface area contributed by atoms with Gasteiger partial charge in [0.2, 0.25) is 0 Å². The third-order valence-electron chi connectivity index (χ3n) is 2.16. The van der Waals surface area contributed by atoms with Gasteiger partial charge in [-0.25, -0.2) is 8.78 Å². The van der Waals surface area contributed by atoms with E-state index in [1.807, 2.05) is 0 Å². The number of alkyl halides is 2. The van der Waals surface area contributed by atoms with Gasteiger partial charge in [0.05, 0.1) is 13.2 Å². The zero-order chi connectivity index (χ0) is 10.8. The van der Waals surface area contributed by atoms with Crippen molar-refractivity contribution in [3.8, 4) is 0 Å². The average Bonchev–Trinajstić information content (AvgIpc) is 2.14. The molecule has 4 nitrogen and oxygen atoms in total. The molecule has 82 valence electrons. The van der Waals surface area contributed by atoms with Gasteiger partial charge < -0.3 is 15.1 Å². The molecular weight excluding hydrogens is 196 g/mol. The summed E-state index contributed by atoms with van der Waals surface area (Å²) in [5.41, 5.74) is 0. The van der Waals surface area contributed by atoms with E-state index in [-0.39, 0.29) is 19.4 Å². The molecule has 0 aromatic heterocycles. The van der Waals surface area contributed by atoms with Crippen molar-refractivity contribution in [3.05, 3.63) is 0 Å². The molecular formula is C8H13F2NO3. The number of piperidine rings is 1. The molecule has 14 heavy (non-hydrogen) atoms. The summed E-state index contributed by atoms with van der Waals surface area (Å²) < 4.78 is 25.7. The molecule has 1 atom stereocenters. The summed E-state index contributed by atoms with van der Waals surface area (Å²) in [6.45, 7) is -1.19. The maximum absolute atomic E-state index is 12.8. The zero-order valence-corrected chi connectivity index (χ0v) is 7.62. The van der Waals surface area contributed by atoms with Gasteiger partial charge in [0.15, 0.2) is 6.10 Å². The van der Waals surface area contributed by atoms with Crippen LogP contribution in [0.3, 0.4) is 0 Å². The number of carbonyl (C=O) groups is 1. The monoisotopic (exact) mass is 209 g/mol. The van der Waals surface area contributed by atoms with E-state index in [2.05, 4.69) is 0 Å². The molecule has 1 aliphatic rings. The number of halogens is 2. The Hall–Kier alpha value is -0.750. The molecule has 1 amide bonds. The maximum atomic E-state index is 12.8. The highest BCUT2D eigenvalue weighted by atomic mass is 19.3. The van der Waals surface area contributed by atoms with E-state index < -0.39 is 31.1 Å². The maximum Gasteiger partial charge on any atom is 0.265 e. The number of hydrogen-bond donors (Lipinski definition) is 2. The van der Waals surface area contributed by atoms with E-state index in [0.717, 1.165) is 4.90 Å². The fraction of sp³-hybridized carbons (Fsp3) is 0.875. The normalized spacial score (nSPS) is 23.3. The van der Waals surface area contributed by atoms with E-state index in [9.17, 15) is 13.6 Å². The van der Waals surface area contributed by atoms with Crippen molar-refractivity contribution in [2.75, 3.05) is 19.7 Å². The first-order chi connectivity index (χ1) is 6.46. The molecule has 0 spiro atoms. The van der Waals surface area contributed by atoms with Crippen LogP contribution in [0.4, 0.5) is 8.78 Å². The van der Waals surface area contributed by atoms with Crippen LogP contribution in [-0.4, -0.2) is 52.7 Å². The van der Waals surface area contributed by atoms with Gasteiger partial charge in [-0.2, -0.15) is 0 Å². The van der Waals surface area contributed by atoms with Crippen molar-refractivity contribution >= 4 is 5.91 Å². The van der Waals surface area contributed by atoms with Crippen LogP contribution in [-0.2, 0) is 4.79 Å². The number of aliphatic hydroxyl groups excluding tert-OH is 2. The van der Waals surface area contributed by atoms with Gasteiger partial charge in [0, 0.05) is 13.0 Å². The molecule has 1 aliphatic heterocycles. The SMILES string of the molecule is O=C([C@@H](O)CO)N1CCCC(F)(F)C1. The minimum absolute atomic E-state index is 0.214. The predicted octanol–water partition coefficient (Wildman–Crippen LogP) is -0.403. The number of amides is 1. The first-order valence-electron chi connectivity index (χ1n) is 4.42. The smallest absolute Gasteiger partial charge is 0.265 e. The quantitative estimate of drug-likeness (QED) is 0.650. The number of likely N-dealkylation sites (tertiary alicyclic amines) is 1. The highest BCUT2D eigenvalue weighted by Gasteiger charge is 2.38. The predicted molar refractivity (Wildman–Crippen MR) is 43.9 cm³/mol.